The third-order valence-corrected chi connectivity index (χ3v) is 1.53. The van der Waals surface area contributed by atoms with Crippen LogP contribution in [0.2, 0.25) is 0 Å². The van der Waals surface area contributed by atoms with Gasteiger partial charge in [-0.25, -0.2) is 4.98 Å². The number of aromatic amines is 1. The van der Waals surface area contributed by atoms with Gasteiger partial charge < -0.3 is 10.1 Å². The fourth-order valence-corrected chi connectivity index (χ4v) is 0.876. The zero-order valence-corrected chi connectivity index (χ0v) is 6.59. The third-order valence-electron chi connectivity index (χ3n) is 1.21. The largest absolute Gasteiger partial charge is 0.358 e. The molecule has 0 spiro atoms. The first kappa shape index (κ1) is 8.36. The second kappa shape index (κ2) is 3.11. The maximum absolute atomic E-state index is 10.2. The molecule has 0 aliphatic heterocycles. The van der Waals surface area contributed by atoms with Gasteiger partial charge in [0.2, 0.25) is 4.64 Å². The Balaban J connectivity index is 3.31. The van der Waals surface area contributed by atoms with Gasteiger partial charge in [-0.05, 0) is 23.2 Å². The highest BCUT2D eigenvalue weighted by Gasteiger charge is 2.04. The lowest BCUT2D eigenvalue weighted by molar-refractivity contribution is -0.389. The summed E-state index contributed by atoms with van der Waals surface area (Å²) in [5.74, 6) is -0.209. The predicted molar refractivity (Wildman–Crippen MR) is 43.0 cm³/mol. The SMILES string of the molecule is N#Cc1ccc([N+](=O)[O-])[nH]c1=S. The Morgan fingerprint density at radius 3 is 2.75 bits per heavy atom. The molecule has 0 unspecified atom stereocenters. The lowest BCUT2D eigenvalue weighted by atomic mass is 10.3. The van der Waals surface area contributed by atoms with Crippen molar-refractivity contribution in [1.82, 2.24) is 4.98 Å². The molecule has 1 heterocycles. The molecule has 0 amide bonds. The molecule has 0 radical (unpaired) electrons. The highest BCUT2D eigenvalue weighted by Crippen LogP contribution is 2.08. The van der Waals surface area contributed by atoms with Crippen LogP contribution in [-0.2, 0) is 0 Å². The molecular weight excluding hydrogens is 178 g/mol. The summed E-state index contributed by atoms with van der Waals surface area (Å²) in [6, 6.07) is 4.32. The van der Waals surface area contributed by atoms with E-state index in [1.165, 1.54) is 12.1 Å². The van der Waals surface area contributed by atoms with Gasteiger partial charge in [0, 0.05) is 6.07 Å². The number of hydrogen-bond acceptors (Lipinski definition) is 4. The second-order valence-corrected chi connectivity index (χ2v) is 2.36. The van der Waals surface area contributed by atoms with Crippen molar-refractivity contribution in [2.45, 2.75) is 0 Å². The topological polar surface area (TPSA) is 82.7 Å². The molecule has 0 aliphatic rings. The monoisotopic (exact) mass is 181 g/mol. The van der Waals surface area contributed by atoms with E-state index >= 15 is 0 Å². The van der Waals surface area contributed by atoms with Crippen molar-refractivity contribution in [2.24, 2.45) is 0 Å². The molecule has 1 aromatic rings. The van der Waals surface area contributed by atoms with Gasteiger partial charge in [-0.15, -0.1) is 0 Å². The Bertz CT molecular complexity index is 418. The van der Waals surface area contributed by atoms with Crippen LogP contribution in [0.3, 0.4) is 0 Å². The van der Waals surface area contributed by atoms with Crippen LogP contribution >= 0.6 is 12.2 Å². The average molecular weight is 181 g/mol. The molecule has 0 bridgehead atoms. The summed E-state index contributed by atoms with van der Waals surface area (Å²) >= 11 is 4.68. The van der Waals surface area contributed by atoms with Crippen LogP contribution < -0.4 is 0 Å². The Kier molecular flexibility index (Phi) is 2.16. The number of rotatable bonds is 1. The summed E-state index contributed by atoms with van der Waals surface area (Å²) in [7, 11) is 0. The van der Waals surface area contributed by atoms with Crippen LogP contribution in [-0.4, -0.2) is 9.91 Å². The summed E-state index contributed by atoms with van der Waals surface area (Å²) < 4.78 is 0.0895. The lowest BCUT2D eigenvalue weighted by Crippen LogP contribution is -1.92. The van der Waals surface area contributed by atoms with Gasteiger partial charge in [-0.2, -0.15) is 5.26 Å². The zero-order valence-electron chi connectivity index (χ0n) is 5.77. The Morgan fingerprint density at radius 2 is 2.33 bits per heavy atom. The molecule has 0 fully saturated rings. The number of nitrogens with zero attached hydrogens (tertiary/aromatic N) is 2. The molecule has 60 valence electrons. The van der Waals surface area contributed by atoms with E-state index in [0.717, 1.165) is 0 Å². The summed E-state index contributed by atoms with van der Waals surface area (Å²) in [6.07, 6.45) is 0. The van der Waals surface area contributed by atoms with Gasteiger partial charge in [0.15, 0.2) is 0 Å². The van der Waals surface area contributed by atoms with Crippen molar-refractivity contribution in [1.29, 1.82) is 5.26 Å². The van der Waals surface area contributed by atoms with E-state index in [1.807, 2.05) is 0 Å². The van der Waals surface area contributed by atoms with E-state index in [9.17, 15) is 10.1 Å². The molecule has 1 aromatic heterocycles. The van der Waals surface area contributed by atoms with Gasteiger partial charge in [0.25, 0.3) is 0 Å². The van der Waals surface area contributed by atoms with Crippen molar-refractivity contribution in [3.05, 3.63) is 32.5 Å². The number of hydrogen-bond donors (Lipinski definition) is 1. The number of pyridine rings is 1. The van der Waals surface area contributed by atoms with Gasteiger partial charge >= 0.3 is 5.82 Å². The molecule has 0 atom stereocenters. The first-order valence-electron chi connectivity index (χ1n) is 2.93. The van der Waals surface area contributed by atoms with Crippen LogP contribution in [0.25, 0.3) is 0 Å². The number of aromatic nitrogens is 1. The maximum atomic E-state index is 10.2. The average Bonchev–Trinajstić information content (AvgIpc) is 2.04. The summed E-state index contributed by atoms with van der Waals surface area (Å²) in [4.78, 5) is 11.9. The molecule has 1 rings (SSSR count). The van der Waals surface area contributed by atoms with Crippen LogP contribution in [0.5, 0.6) is 0 Å². The molecule has 6 heteroatoms. The molecule has 0 saturated heterocycles. The van der Waals surface area contributed by atoms with E-state index in [2.05, 4.69) is 17.2 Å². The molecule has 0 aliphatic carbocycles. The highest BCUT2D eigenvalue weighted by atomic mass is 32.1. The highest BCUT2D eigenvalue weighted by molar-refractivity contribution is 7.71. The van der Waals surface area contributed by atoms with Crippen LogP contribution in [0.15, 0.2) is 12.1 Å². The van der Waals surface area contributed by atoms with E-state index in [0.29, 0.717) is 0 Å². The number of nitriles is 1. The first-order chi connectivity index (χ1) is 5.65. The number of nitro groups is 1. The fourth-order valence-electron chi connectivity index (χ4n) is 0.658. The Labute approximate surface area is 72.4 Å². The fraction of sp³-hybridized carbons (Fsp3) is 0. The Morgan fingerprint density at radius 1 is 1.67 bits per heavy atom. The quantitative estimate of drug-likeness (QED) is 0.404. The van der Waals surface area contributed by atoms with Crippen molar-refractivity contribution < 1.29 is 4.92 Å². The summed E-state index contributed by atoms with van der Waals surface area (Å²) in [6.45, 7) is 0. The summed E-state index contributed by atoms with van der Waals surface area (Å²) in [5, 5.41) is 18.6. The maximum Gasteiger partial charge on any atom is 0.321 e. The Hall–Kier alpha value is -1.74. The second-order valence-electron chi connectivity index (χ2n) is 1.96. The summed E-state index contributed by atoms with van der Waals surface area (Å²) in [5.41, 5.74) is 0.232. The molecule has 12 heavy (non-hydrogen) atoms. The van der Waals surface area contributed by atoms with Gasteiger partial charge in [0.05, 0.1) is 0 Å². The van der Waals surface area contributed by atoms with E-state index in [1.54, 1.807) is 6.07 Å². The normalized spacial score (nSPS) is 8.92. The molecule has 1 N–H and O–H groups in total. The minimum absolute atomic E-state index is 0.0895. The third kappa shape index (κ3) is 1.46. The molecule has 5 nitrogen and oxygen atoms in total. The number of nitrogens with one attached hydrogen (secondary N) is 1. The van der Waals surface area contributed by atoms with Crippen molar-refractivity contribution >= 4 is 18.0 Å². The van der Waals surface area contributed by atoms with E-state index < -0.39 is 4.92 Å². The van der Waals surface area contributed by atoms with Crippen LogP contribution in [0.4, 0.5) is 5.82 Å². The van der Waals surface area contributed by atoms with Gasteiger partial charge in [0.1, 0.15) is 11.6 Å². The van der Waals surface area contributed by atoms with Gasteiger partial charge in [-0.1, -0.05) is 0 Å². The van der Waals surface area contributed by atoms with Crippen LogP contribution in [0.1, 0.15) is 5.56 Å². The predicted octanol–water partition coefficient (Wildman–Crippen LogP) is 1.52. The molecular formula is C6H3N3O2S. The minimum atomic E-state index is -0.600. The van der Waals surface area contributed by atoms with Crippen molar-refractivity contribution in [3.8, 4) is 6.07 Å². The van der Waals surface area contributed by atoms with E-state index in [4.69, 9.17) is 5.26 Å². The lowest BCUT2D eigenvalue weighted by Gasteiger charge is -1.92. The van der Waals surface area contributed by atoms with E-state index in [-0.39, 0.29) is 16.0 Å². The number of H-pyrrole nitrogens is 1. The van der Waals surface area contributed by atoms with Crippen molar-refractivity contribution in [3.63, 3.8) is 0 Å². The smallest absolute Gasteiger partial charge is 0.321 e. The van der Waals surface area contributed by atoms with Crippen LogP contribution in [0, 0.1) is 26.1 Å². The van der Waals surface area contributed by atoms with Gasteiger partial charge in [-0.3, -0.25) is 0 Å². The van der Waals surface area contributed by atoms with Crippen molar-refractivity contribution in [2.75, 3.05) is 0 Å². The zero-order chi connectivity index (χ0) is 9.14. The molecule has 0 saturated carbocycles. The molecule has 0 aromatic carbocycles. The minimum Gasteiger partial charge on any atom is -0.358 e. The standard InChI is InChI=1S/C6H3N3O2S/c7-3-4-1-2-5(9(10)11)8-6(4)12/h1-2H,(H,8,12). The first-order valence-corrected chi connectivity index (χ1v) is 3.34.